The Hall–Kier alpha value is -2.48. The lowest BCUT2D eigenvalue weighted by molar-refractivity contribution is -0.121. The summed E-state index contributed by atoms with van der Waals surface area (Å²) < 4.78 is 6.35. The minimum atomic E-state index is -0.485. The molecule has 0 aliphatic heterocycles. The molecule has 8 heteroatoms. The van der Waals surface area contributed by atoms with Crippen LogP contribution in [-0.2, 0) is 16.1 Å². The number of carbonyl (C=O) groups is 2. The molecule has 2 rings (SSSR count). The summed E-state index contributed by atoms with van der Waals surface area (Å²) >= 11 is 5.24. The van der Waals surface area contributed by atoms with Gasteiger partial charge in [0.25, 0.3) is 5.56 Å². The zero-order valence-electron chi connectivity index (χ0n) is 14.4. The van der Waals surface area contributed by atoms with E-state index in [2.05, 4.69) is 15.0 Å². The third-order valence-electron chi connectivity index (χ3n) is 3.64. The van der Waals surface area contributed by atoms with Gasteiger partial charge in [0, 0.05) is 19.0 Å². The maximum absolute atomic E-state index is 12.6. The van der Waals surface area contributed by atoms with Crippen molar-refractivity contribution in [2.75, 3.05) is 7.11 Å². The smallest absolute Gasteiger partial charge is 0.337 e. The van der Waals surface area contributed by atoms with Crippen LogP contribution in [0.1, 0.15) is 37.0 Å². The van der Waals surface area contributed by atoms with E-state index in [1.54, 1.807) is 12.1 Å². The number of rotatable bonds is 6. The SMILES string of the molecule is COC(=O)c1ccc2c(=O)n(CCCC(=O)NC(C)C)c(=S)[nH]c2c1. The maximum atomic E-state index is 12.6. The minimum Gasteiger partial charge on any atom is -0.465 e. The van der Waals surface area contributed by atoms with Gasteiger partial charge in [-0.25, -0.2) is 4.79 Å². The van der Waals surface area contributed by atoms with E-state index in [0.717, 1.165) is 0 Å². The quantitative estimate of drug-likeness (QED) is 0.606. The van der Waals surface area contributed by atoms with Crippen molar-refractivity contribution in [2.24, 2.45) is 0 Å². The Balaban J connectivity index is 2.24. The van der Waals surface area contributed by atoms with E-state index in [1.165, 1.54) is 17.7 Å². The van der Waals surface area contributed by atoms with Crippen molar-refractivity contribution in [1.29, 1.82) is 0 Å². The van der Waals surface area contributed by atoms with Crippen LogP contribution in [0.25, 0.3) is 10.9 Å². The summed E-state index contributed by atoms with van der Waals surface area (Å²) in [7, 11) is 1.29. The minimum absolute atomic E-state index is 0.0542. The average molecular weight is 363 g/mol. The van der Waals surface area contributed by atoms with Gasteiger partial charge < -0.3 is 15.0 Å². The second kappa shape index (κ2) is 8.06. The van der Waals surface area contributed by atoms with Crippen LogP contribution in [0, 0.1) is 4.77 Å². The highest BCUT2D eigenvalue weighted by atomic mass is 32.1. The number of fused-ring (bicyclic) bond motifs is 1. The number of hydrogen-bond donors (Lipinski definition) is 2. The third-order valence-corrected chi connectivity index (χ3v) is 3.96. The van der Waals surface area contributed by atoms with Gasteiger partial charge >= 0.3 is 5.97 Å². The van der Waals surface area contributed by atoms with Crippen LogP contribution in [-0.4, -0.2) is 34.6 Å². The molecule has 0 aliphatic rings. The van der Waals surface area contributed by atoms with Crippen molar-refractivity contribution in [3.05, 3.63) is 38.9 Å². The fraction of sp³-hybridized carbons (Fsp3) is 0.412. The molecule has 0 saturated heterocycles. The Labute approximate surface area is 150 Å². The summed E-state index contributed by atoms with van der Waals surface area (Å²) in [6.07, 6.45) is 0.820. The number of amides is 1. The number of hydrogen-bond acceptors (Lipinski definition) is 5. The fourth-order valence-electron chi connectivity index (χ4n) is 2.49. The normalized spacial score (nSPS) is 10.9. The molecule has 0 aliphatic carbocycles. The van der Waals surface area contributed by atoms with Crippen molar-refractivity contribution >= 4 is 35.0 Å². The molecular weight excluding hydrogens is 342 g/mol. The maximum Gasteiger partial charge on any atom is 0.337 e. The second-order valence-electron chi connectivity index (χ2n) is 5.96. The zero-order chi connectivity index (χ0) is 18.6. The highest BCUT2D eigenvalue weighted by Gasteiger charge is 2.11. The number of nitrogens with one attached hydrogen (secondary N) is 2. The predicted octanol–water partition coefficient (Wildman–Crippen LogP) is 2.15. The molecule has 0 spiro atoms. The number of aromatic amines is 1. The van der Waals surface area contributed by atoms with Crippen molar-refractivity contribution in [1.82, 2.24) is 14.9 Å². The van der Waals surface area contributed by atoms with Crippen LogP contribution in [0.15, 0.2) is 23.0 Å². The molecule has 0 unspecified atom stereocenters. The van der Waals surface area contributed by atoms with E-state index in [-0.39, 0.29) is 22.3 Å². The first kappa shape index (κ1) is 18.9. The summed E-state index contributed by atoms with van der Waals surface area (Å²) in [5.74, 6) is -0.539. The summed E-state index contributed by atoms with van der Waals surface area (Å²) in [5, 5.41) is 3.23. The summed E-state index contributed by atoms with van der Waals surface area (Å²) in [6.45, 7) is 4.13. The summed E-state index contributed by atoms with van der Waals surface area (Å²) in [4.78, 5) is 38.8. The molecule has 2 N–H and O–H groups in total. The van der Waals surface area contributed by atoms with Gasteiger partial charge in [0.05, 0.1) is 23.6 Å². The molecule has 25 heavy (non-hydrogen) atoms. The largest absolute Gasteiger partial charge is 0.465 e. The van der Waals surface area contributed by atoms with Crippen molar-refractivity contribution in [3.8, 4) is 0 Å². The molecule has 0 radical (unpaired) electrons. The first-order chi connectivity index (χ1) is 11.8. The predicted molar refractivity (Wildman–Crippen MR) is 97.2 cm³/mol. The van der Waals surface area contributed by atoms with Crippen LogP contribution in [0.5, 0.6) is 0 Å². The molecule has 0 saturated carbocycles. The van der Waals surface area contributed by atoms with Crippen molar-refractivity contribution in [2.45, 2.75) is 39.3 Å². The number of aromatic nitrogens is 2. The molecule has 134 valence electrons. The lowest BCUT2D eigenvalue weighted by Gasteiger charge is -2.10. The number of nitrogens with zero attached hydrogens (tertiary/aromatic N) is 1. The van der Waals surface area contributed by atoms with E-state index >= 15 is 0 Å². The Bertz CT molecular complexity index is 914. The Morgan fingerprint density at radius 1 is 1.36 bits per heavy atom. The first-order valence-electron chi connectivity index (χ1n) is 7.98. The number of H-pyrrole nitrogens is 1. The molecule has 1 amide bonds. The van der Waals surface area contributed by atoms with Crippen LogP contribution in [0.2, 0.25) is 0 Å². The summed E-state index contributed by atoms with van der Waals surface area (Å²) in [5.41, 5.74) is 0.564. The van der Waals surface area contributed by atoms with E-state index < -0.39 is 5.97 Å². The molecule has 0 bridgehead atoms. The fourth-order valence-corrected chi connectivity index (χ4v) is 2.78. The van der Waals surface area contributed by atoms with Gasteiger partial charge in [-0.3, -0.25) is 14.2 Å². The van der Waals surface area contributed by atoms with E-state index in [1.807, 2.05) is 13.8 Å². The average Bonchev–Trinajstić information content (AvgIpc) is 2.55. The van der Waals surface area contributed by atoms with Crippen LogP contribution >= 0.6 is 12.2 Å². The molecule has 7 nitrogen and oxygen atoms in total. The third kappa shape index (κ3) is 4.54. The number of carbonyl (C=O) groups excluding carboxylic acids is 2. The lowest BCUT2D eigenvalue weighted by Crippen LogP contribution is -2.30. The second-order valence-corrected chi connectivity index (χ2v) is 6.35. The number of esters is 1. The topological polar surface area (TPSA) is 93.2 Å². The molecule has 0 fully saturated rings. The van der Waals surface area contributed by atoms with Gasteiger partial charge in [-0.05, 0) is 50.7 Å². The van der Waals surface area contributed by atoms with Gasteiger partial charge in [0.15, 0.2) is 4.77 Å². The zero-order valence-corrected chi connectivity index (χ0v) is 15.2. The van der Waals surface area contributed by atoms with Crippen LogP contribution < -0.4 is 10.9 Å². The van der Waals surface area contributed by atoms with E-state index in [0.29, 0.717) is 35.9 Å². The molecule has 1 aromatic heterocycles. The Morgan fingerprint density at radius 2 is 2.08 bits per heavy atom. The summed E-state index contributed by atoms with van der Waals surface area (Å²) in [6, 6.07) is 4.73. The monoisotopic (exact) mass is 363 g/mol. The van der Waals surface area contributed by atoms with Crippen LogP contribution in [0.4, 0.5) is 0 Å². The highest BCUT2D eigenvalue weighted by molar-refractivity contribution is 7.71. The van der Waals surface area contributed by atoms with Crippen molar-refractivity contribution < 1.29 is 14.3 Å². The number of ether oxygens (including phenoxy) is 1. The Kier molecular flexibility index (Phi) is 6.08. The molecule has 2 aromatic rings. The molecule has 1 aromatic carbocycles. The standard InChI is InChI=1S/C17H21N3O4S/c1-10(2)18-14(21)5-4-8-20-15(22)12-7-6-11(16(23)24-3)9-13(12)19-17(20)25/h6-7,9-10H,4-5,8H2,1-3H3,(H,18,21)(H,19,25). The van der Waals surface area contributed by atoms with Gasteiger partial charge in [-0.15, -0.1) is 0 Å². The molecular formula is C17H21N3O4S. The van der Waals surface area contributed by atoms with Crippen molar-refractivity contribution in [3.63, 3.8) is 0 Å². The highest BCUT2D eigenvalue weighted by Crippen LogP contribution is 2.12. The first-order valence-corrected chi connectivity index (χ1v) is 8.39. The van der Waals surface area contributed by atoms with E-state index in [4.69, 9.17) is 12.2 Å². The molecule has 0 atom stereocenters. The van der Waals surface area contributed by atoms with E-state index in [9.17, 15) is 14.4 Å². The van der Waals surface area contributed by atoms with Gasteiger partial charge in [0.1, 0.15) is 0 Å². The van der Waals surface area contributed by atoms with Gasteiger partial charge in [-0.1, -0.05) is 0 Å². The van der Waals surface area contributed by atoms with Crippen LogP contribution in [0.3, 0.4) is 0 Å². The van der Waals surface area contributed by atoms with Gasteiger partial charge in [-0.2, -0.15) is 0 Å². The Morgan fingerprint density at radius 3 is 2.72 bits per heavy atom. The van der Waals surface area contributed by atoms with Gasteiger partial charge in [0.2, 0.25) is 5.91 Å². The molecule has 1 heterocycles. The number of methoxy groups -OCH3 is 1. The lowest BCUT2D eigenvalue weighted by atomic mass is 10.1. The number of benzene rings is 1.